The highest BCUT2D eigenvalue weighted by atomic mass is 16.6. The average Bonchev–Trinajstić information content (AvgIpc) is 3.37. The molecule has 4 atom stereocenters. The fourth-order valence-corrected chi connectivity index (χ4v) is 4.73. The van der Waals surface area contributed by atoms with Crippen molar-refractivity contribution in [2.75, 3.05) is 13.7 Å². The van der Waals surface area contributed by atoms with Crippen LogP contribution in [0.25, 0.3) is 0 Å². The van der Waals surface area contributed by atoms with Crippen LogP contribution < -0.4 is 0 Å². The van der Waals surface area contributed by atoms with Crippen LogP contribution in [-0.2, 0) is 43.5 Å². The molecule has 1 aliphatic rings. The molecule has 0 bridgehead atoms. The minimum atomic E-state index is -0.584. The molecule has 2 heterocycles. The van der Waals surface area contributed by atoms with Crippen molar-refractivity contribution in [1.29, 1.82) is 0 Å². The Hall–Kier alpha value is -3.88. The Morgan fingerprint density at radius 2 is 1.30 bits per heavy atom. The molecule has 4 aromatic rings. The Morgan fingerprint density at radius 1 is 0.750 bits per heavy atom. The Labute approximate surface area is 234 Å². The van der Waals surface area contributed by atoms with E-state index >= 15 is 0 Å². The zero-order chi connectivity index (χ0) is 27.6. The summed E-state index contributed by atoms with van der Waals surface area (Å²) in [6.45, 7) is 1.50. The van der Waals surface area contributed by atoms with E-state index in [0.29, 0.717) is 37.7 Å². The second-order valence-corrected chi connectivity index (χ2v) is 9.58. The number of benzene rings is 3. The van der Waals surface area contributed by atoms with Crippen molar-refractivity contribution < 1.29 is 28.5 Å². The van der Waals surface area contributed by atoms with E-state index in [1.807, 2.05) is 91.0 Å². The summed E-state index contributed by atoms with van der Waals surface area (Å²) >= 11 is 0. The lowest BCUT2D eigenvalue weighted by atomic mass is 10.0. The SMILES string of the molecule is COC(=O)c1ccnc([C@H]2O[C@H](COCc3ccccc3)[C@@H](OCc3ccccc3)[C@H]2OCc2ccccc2)c1. The monoisotopic (exact) mass is 539 g/mol. The maximum atomic E-state index is 12.3. The third-order valence-electron chi connectivity index (χ3n) is 6.77. The molecule has 5 rings (SSSR count). The quantitative estimate of drug-likeness (QED) is 0.214. The van der Waals surface area contributed by atoms with Crippen molar-refractivity contribution in [3.8, 4) is 0 Å². The second-order valence-electron chi connectivity index (χ2n) is 9.58. The molecule has 3 aromatic carbocycles. The molecule has 0 amide bonds. The number of hydrogen-bond acceptors (Lipinski definition) is 7. The van der Waals surface area contributed by atoms with Crippen LogP contribution in [0, 0.1) is 0 Å². The normalized spacial score (nSPS) is 20.3. The minimum absolute atomic E-state index is 0.298. The maximum Gasteiger partial charge on any atom is 0.337 e. The Bertz CT molecular complexity index is 1330. The van der Waals surface area contributed by atoms with E-state index in [-0.39, 0.29) is 0 Å². The number of pyridine rings is 1. The van der Waals surface area contributed by atoms with Crippen LogP contribution in [0.5, 0.6) is 0 Å². The molecule has 7 nitrogen and oxygen atoms in total. The largest absolute Gasteiger partial charge is 0.465 e. The van der Waals surface area contributed by atoms with Crippen LogP contribution in [-0.4, -0.2) is 43.0 Å². The molecule has 1 aliphatic heterocycles. The minimum Gasteiger partial charge on any atom is -0.465 e. The molecule has 0 unspecified atom stereocenters. The van der Waals surface area contributed by atoms with E-state index in [1.54, 1.807) is 18.3 Å². The fourth-order valence-electron chi connectivity index (χ4n) is 4.73. The number of methoxy groups -OCH3 is 1. The van der Waals surface area contributed by atoms with Gasteiger partial charge < -0.3 is 23.7 Å². The van der Waals surface area contributed by atoms with Crippen LogP contribution in [0.15, 0.2) is 109 Å². The predicted octanol–water partition coefficient (Wildman–Crippen LogP) is 5.70. The molecule has 0 spiro atoms. The summed E-state index contributed by atoms with van der Waals surface area (Å²) < 4.78 is 30.6. The third-order valence-corrected chi connectivity index (χ3v) is 6.77. The summed E-state index contributed by atoms with van der Waals surface area (Å²) in [6, 6.07) is 33.3. The van der Waals surface area contributed by atoms with Crippen molar-refractivity contribution in [2.24, 2.45) is 0 Å². The van der Waals surface area contributed by atoms with Crippen molar-refractivity contribution in [1.82, 2.24) is 4.98 Å². The molecule has 1 fully saturated rings. The van der Waals surface area contributed by atoms with Crippen molar-refractivity contribution >= 4 is 5.97 Å². The van der Waals surface area contributed by atoms with Crippen molar-refractivity contribution in [2.45, 2.75) is 44.2 Å². The summed E-state index contributed by atoms with van der Waals surface area (Å²) in [4.78, 5) is 16.8. The Balaban J connectivity index is 1.41. The van der Waals surface area contributed by atoms with Crippen molar-refractivity contribution in [3.63, 3.8) is 0 Å². The highest BCUT2D eigenvalue weighted by Gasteiger charge is 2.48. The number of carbonyl (C=O) groups excluding carboxylic acids is 1. The molecular formula is C33H33NO6. The maximum absolute atomic E-state index is 12.3. The summed E-state index contributed by atoms with van der Waals surface area (Å²) in [5, 5.41) is 0. The topological polar surface area (TPSA) is 76.1 Å². The van der Waals surface area contributed by atoms with Gasteiger partial charge in [-0.05, 0) is 28.8 Å². The van der Waals surface area contributed by atoms with Gasteiger partial charge in [0.1, 0.15) is 24.4 Å². The first-order valence-electron chi connectivity index (χ1n) is 13.3. The van der Waals surface area contributed by atoms with Gasteiger partial charge >= 0.3 is 5.97 Å². The van der Waals surface area contributed by atoms with E-state index in [4.69, 9.17) is 23.7 Å². The smallest absolute Gasteiger partial charge is 0.337 e. The average molecular weight is 540 g/mol. The lowest BCUT2D eigenvalue weighted by molar-refractivity contribution is -0.0898. The first kappa shape index (κ1) is 27.7. The van der Waals surface area contributed by atoms with Gasteiger partial charge in [0, 0.05) is 6.20 Å². The lowest BCUT2D eigenvalue weighted by Crippen LogP contribution is -2.38. The number of esters is 1. The molecule has 0 N–H and O–H groups in total. The molecule has 0 radical (unpaired) electrons. The standard InChI is InChI=1S/C33H33NO6/c1-36-33(35)27-17-18-34-28(19-27)30-32(39-22-26-15-9-4-10-16-26)31(38-21-25-13-7-3-8-14-25)29(40-30)23-37-20-24-11-5-2-6-12-24/h2-19,29-32H,20-23H2,1H3/t29-,30-,31-,32+/m1/s1. The number of nitrogens with zero attached hydrogens (tertiary/aromatic N) is 1. The van der Waals surface area contributed by atoms with E-state index in [2.05, 4.69) is 4.98 Å². The van der Waals surface area contributed by atoms with Gasteiger partial charge in [-0.3, -0.25) is 4.98 Å². The van der Waals surface area contributed by atoms with Gasteiger partial charge in [0.05, 0.1) is 44.8 Å². The van der Waals surface area contributed by atoms with Crippen LogP contribution in [0.3, 0.4) is 0 Å². The summed E-state index contributed by atoms with van der Waals surface area (Å²) in [6.07, 6.45) is -0.387. The highest BCUT2D eigenvalue weighted by Crippen LogP contribution is 2.38. The third kappa shape index (κ3) is 7.20. The molecule has 40 heavy (non-hydrogen) atoms. The lowest BCUT2D eigenvalue weighted by Gasteiger charge is -2.25. The van der Waals surface area contributed by atoms with Crippen molar-refractivity contribution in [3.05, 3.63) is 137 Å². The summed E-state index contributed by atoms with van der Waals surface area (Å²) in [5.41, 5.74) is 4.11. The van der Waals surface area contributed by atoms with Gasteiger partial charge in [0.25, 0.3) is 0 Å². The van der Waals surface area contributed by atoms with E-state index in [9.17, 15) is 4.79 Å². The Morgan fingerprint density at radius 3 is 1.88 bits per heavy atom. The molecule has 0 aliphatic carbocycles. The highest BCUT2D eigenvalue weighted by molar-refractivity contribution is 5.89. The zero-order valence-corrected chi connectivity index (χ0v) is 22.4. The number of hydrogen-bond donors (Lipinski definition) is 0. The number of ether oxygens (including phenoxy) is 5. The van der Waals surface area contributed by atoms with E-state index in [1.165, 1.54) is 7.11 Å². The van der Waals surface area contributed by atoms with Gasteiger partial charge in [-0.15, -0.1) is 0 Å². The predicted molar refractivity (Wildman–Crippen MR) is 149 cm³/mol. The van der Waals surface area contributed by atoms with Crippen LogP contribution in [0.2, 0.25) is 0 Å². The van der Waals surface area contributed by atoms with Gasteiger partial charge in [-0.2, -0.15) is 0 Å². The molecule has 7 heteroatoms. The number of aromatic nitrogens is 1. The van der Waals surface area contributed by atoms with E-state index < -0.39 is 30.4 Å². The first-order chi connectivity index (χ1) is 19.7. The van der Waals surface area contributed by atoms with Crippen LogP contribution in [0.4, 0.5) is 0 Å². The van der Waals surface area contributed by atoms with Gasteiger partial charge in [-0.25, -0.2) is 4.79 Å². The molecule has 206 valence electrons. The van der Waals surface area contributed by atoms with Gasteiger partial charge in [-0.1, -0.05) is 91.0 Å². The van der Waals surface area contributed by atoms with Crippen LogP contribution in [0.1, 0.15) is 38.8 Å². The molecule has 1 aromatic heterocycles. The molecule has 1 saturated heterocycles. The number of rotatable bonds is 12. The van der Waals surface area contributed by atoms with Crippen LogP contribution >= 0.6 is 0 Å². The second kappa shape index (κ2) is 14.0. The Kier molecular flexibility index (Phi) is 9.66. The van der Waals surface area contributed by atoms with Gasteiger partial charge in [0.2, 0.25) is 0 Å². The molecular weight excluding hydrogens is 506 g/mol. The fraction of sp³-hybridized carbons (Fsp3) is 0.273. The number of carbonyl (C=O) groups is 1. The summed E-state index contributed by atoms with van der Waals surface area (Å²) in [7, 11) is 1.35. The zero-order valence-electron chi connectivity index (χ0n) is 22.4. The van der Waals surface area contributed by atoms with E-state index in [0.717, 1.165) is 16.7 Å². The summed E-state index contributed by atoms with van der Waals surface area (Å²) in [5.74, 6) is -0.442. The first-order valence-corrected chi connectivity index (χ1v) is 13.3. The molecule has 0 saturated carbocycles. The van der Waals surface area contributed by atoms with Gasteiger partial charge in [0.15, 0.2) is 0 Å².